The van der Waals surface area contributed by atoms with Gasteiger partial charge < -0.3 is 10.6 Å². The van der Waals surface area contributed by atoms with Gasteiger partial charge in [0.15, 0.2) is 0 Å². The third-order valence-electron chi connectivity index (χ3n) is 3.06. The number of hydrogen-bond donors (Lipinski definition) is 2. The molecule has 0 saturated carbocycles. The Morgan fingerprint density at radius 1 is 1.43 bits per heavy atom. The number of amides is 2. The Morgan fingerprint density at radius 2 is 2.09 bits per heavy atom. The van der Waals surface area contributed by atoms with Gasteiger partial charge in [0.25, 0.3) is 11.6 Å². The van der Waals surface area contributed by atoms with Crippen molar-refractivity contribution in [2.24, 2.45) is 5.92 Å². The fourth-order valence-electron chi connectivity index (χ4n) is 1.84. The molecule has 7 nitrogen and oxygen atoms in total. The van der Waals surface area contributed by atoms with Gasteiger partial charge in [-0.15, -0.1) is 6.58 Å². The Bertz CT molecular complexity index is 631. The van der Waals surface area contributed by atoms with Crippen LogP contribution in [0.5, 0.6) is 0 Å². The van der Waals surface area contributed by atoms with Gasteiger partial charge in [-0.1, -0.05) is 31.5 Å². The SMILES string of the molecule is C=CCNC(=O)C(NC(=O)c1ccc(Cl)c([N+](=O)[O-])c1)C(C)C. The maximum Gasteiger partial charge on any atom is 0.288 e. The summed E-state index contributed by atoms with van der Waals surface area (Å²) >= 11 is 5.71. The van der Waals surface area contributed by atoms with Gasteiger partial charge in [0.05, 0.1) is 4.92 Å². The Hall–Kier alpha value is -2.41. The second-order valence-corrected chi connectivity index (χ2v) is 5.56. The smallest absolute Gasteiger partial charge is 0.288 e. The summed E-state index contributed by atoms with van der Waals surface area (Å²) in [5.74, 6) is -1.10. The second-order valence-electron chi connectivity index (χ2n) is 5.15. The summed E-state index contributed by atoms with van der Waals surface area (Å²) in [5, 5.41) is 16.0. The molecule has 1 rings (SSSR count). The summed E-state index contributed by atoms with van der Waals surface area (Å²) < 4.78 is 0. The first-order valence-electron chi connectivity index (χ1n) is 6.91. The molecule has 1 aromatic rings. The molecule has 23 heavy (non-hydrogen) atoms. The molecule has 0 fully saturated rings. The van der Waals surface area contributed by atoms with Gasteiger partial charge in [-0.3, -0.25) is 19.7 Å². The normalized spacial score (nSPS) is 11.7. The van der Waals surface area contributed by atoms with Gasteiger partial charge in [0.1, 0.15) is 11.1 Å². The monoisotopic (exact) mass is 339 g/mol. The molecule has 0 aromatic heterocycles. The highest BCUT2D eigenvalue weighted by Crippen LogP contribution is 2.25. The van der Waals surface area contributed by atoms with Crippen LogP contribution in [0.2, 0.25) is 5.02 Å². The third-order valence-corrected chi connectivity index (χ3v) is 3.38. The molecule has 0 aliphatic rings. The van der Waals surface area contributed by atoms with E-state index in [1.807, 2.05) is 0 Å². The molecule has 8 heteroatoms. The molecule has 2 N–H and O–H groups in total. The lowest BCUT2D eigenvalue weighted by molar-refractivity contribution is -0.384. The first kappa shape index (κ1) is 18.6. The number of nitrogens with zero attached hydrogens (tertiary/aromatic N) is 1. The highest BCUT2D eigenvalue weighted by Gasteiger charge is 2.25. The zero-order valence-electron chi connectivity index (χ0n) is 12.8. The molecule has 1 unspecified atom stereocenters. The summed E-state index contributed by atoms with van der Waals surface area (Å²) in [7, 11) is 0. The van der Waals surface area contributed by atoms with Crippen LogP contribution < -0.4 is 10.6 Å². The molecule has 1 aromatic carbocycles. The van der Waals surface area contributed by atoms with E-state index in [1.165, 1.54) is 18.2 Å². The maximum atomic E-state index is 12.2. The third kappa shape index (κ3) is 5.07. The van der Waals surface area contributed by atoms with E-state index in [-0.39, 0.29) is 34.6 Å². The van der Waals surface area contributed by atoms with Crippen molar-refractivity contribution in [2.45, 2.75) is 19.9 Å². The summed E-state index contributed by atoms with van der Waals surface area (Å²) in [4.78, 5) is 34.5. The average Bonchev–Trinajstić information content (AvgIpc) is 2.49. The molecule has 2 amide bonds. The maximum absolute atomic E-state index is 12.2. The van der Waals surface area contributed by atoms with Gasteiger partial charge in [-0.25, -0.2) is 0 Å². The van der Waals surface area contributed by atoms with E-state index < -0.39 is 16.9 Å². The minimum absolute atomic E-state index is 0.0586. The van der Waals surface area contributed by atoms with Crippen LogP contribution in [-0.2, 0) is 4.79 Å². The number of rotatable bonds is 7. The first-order valence-corrected chi connectivity index (χ1v) is 7.29. The van der Waals surface area contributed by atoms with Crippen molar-refractivity contribution in [2.75, 3.05) is 6.54 Å². The molecule has 0 bridgehead atoms. The van der Waals surface area contributed by atoms with E-state index >= 15 is 0 Å². The Labute approximate surface area is 138 Å². The lowest BCUT2D eigenvalue weighted by Gasteiger charge is -2.21. The van der Waals surface area contributed by atoms with Crippen molar-refractivity contribution in [1.29, 1.82) is 0 Å². The van der Waals surface area contributed by atoms with Crippen LogP contribution in [-0.4, -0.2) is 29.3 Å². The topological polar surface area (TPSA) is 101 Å². The van der Waals surface area contributed by atoms with E-state index in [0.717, 1.165) is 6.07 Å². The Kier molecular flexibility index (Phi) is 6.71. The van der Waals surface area contributed by atoms with Crippen molar-refractivity contribution in [1.82, 2.24) is 10.6 Å². The highest BCUT2D eigenvalue weighted by molar-refractivity contribution is 6.32. The predicted octanol–water partition coefficient (Wildman–Crippen LogP) is 2.30. The van der Waals surface area contributed by atoms with Crippen LogP contribution in [0.3, 0.4) is 0 Å². The van der Waals surface area contributed by atoms with E-state index in [2.05, 4.69) is 17.2 Å². The number of hydrogen-bond acceptors (Lipinski definition) is 4. The van der Waals surface area contributed by atoms with Crippen molar-refractivity contribution >= 4 is 29.1 Å². The lowest BCUT2D eigenvalue weighted by atomic mass is 10.0. The molecule has 0 aliphatic carbocycles. The van der Waals surface area contributed by atoms with Gasteiger partial charge in [0, 0.05) is 18.2 Å². The van der Waals surface area contributed by atoms with Crippen molar-refractivity contribution in [3.8, 4) is 0 Å². The molecule has 0 heterocycles. The van der Waals surface area contributed by atoms with Gasteiger partial charge in [0.2, 0.25) is 5.91 Å². The number of benzene rings is 1. The van der Waals surface area contributed by atoms with E-state index in [1.54, 1.807) is 13.8 Å². The minimum Gasteiger partial charge on any atom is -0.351 e. The standard InChI is InChI=1S/C15H18ClN3O4/c1-4-7-17-15(21)13(9(2)3)18-14(20)10-5-6-11(16)12(8-10)19(22)23/h4-6,8-9,13H,1,7H2,2-3H3,(H,17,21)(H,18,20). The fourth-order valence-corrected chi connectivity index (χ4v) is 2.02. The zero-order valence-corrected chi connectivity index (χ0v) is 13.6. The van der Waals surface area contributed by atoms with Crippen LogP contribution >= 0.6 is 11.6 Å². The molecule has 0 saturated heterocycles. The lowest BCUT2D eigenvalue weighted by Crippen LogP contribution is -2.49. The van der Waals surface area contributed by atoms with Gasteiger partial charge in [-0.05, 0) is 18.1 Å². The van der Waals surface area contributed by atoms with Crippen LogP contribution in [0, 0.1) is 16.0 Å². The van der Waals surface area contributed by atoms with Crippen LogP contribution in [0.25, 0.3) is 0 Å². The fraction of sp³-hybridized carbons (Fsp3) is 0.333. The first-order chi connectivity index (χ1) is 10.8. The van der Waals surface area contributed by atoms with E-state index in [4.69, 9.17) is 11.6 Å². The highest BCUT2D eigenvalue weighted by atomic mass is 35.5. The van der Waals surface area contributed by atoms with Crippen molar-refractivity contribution in [3.05, 3.63) is 51.6 Å². The number of carbonyl (C=O) groups is 2. The number of nitro groups is 1. The van der Waals surface area contributed by atoms with E-state index in [9.17, 15) is 19.7 Å². The molecule has 0 radical (unpaired) electrons. The Morgan fingerprint density at radius 3 is 2.61 bits per heavy atom. The Balaban J connectivity index is 2.95. The summed E-state index contributed by atoms with van der Waals surface area (Å²) in [5.41, 5.74) is -0.306. The summed E-state index contributed by atoms with van der Waals surface area (Å²) in [6.07, 6.45) is 1.53. The van der Waals surface area contributed by atoms with Gasteiger partial charge in [-0.2, -0.15) is 0 Å². The van der Waals surface area contributed by atoms with Crippen LogP contribution in [0.1, 0.15) is 24.2 Å². The zero-order chi connectivity index (χ0) is 17.6. The average molecular weight is 340 g/mol. The summed E-state index contributed by atoms with van der Waals surface area (Å²) in [6, 6.07) is 2.95. The predicted molar refractivity (Wildman–Crippen MR) is 87.4 cm³/mol. The van der Waals surface area contributed by atoms with Crippen molar-refractivity contribution < 1.29 is 14.5 Å². The van der Waals surface area contributed by atoms with Crippen LogP contribution in [0.15, 0.2) is 30.9 Å². The number of carbonyl (C=O) groups excluding carboxylic acids is 2. The van der Waals surface area contributed by atoms with Gasteiger partial charge >= 0.3 is 0 Å². The molecule has 0 spiro atoms. The molecular weight excluding hydrogens is 322 g/mol. The molecule has 0 aliphatic heterocycles. The molecule has 124 valence electrons. The second kappa shape index (κ2) is 8.28. The van der Waals surface area contributed by atoms with E-state index in [0.29, 0.717) is 0 Å². The summed E-state index contributed by atoms with van der Waals surface area (Å²) in [6.45, 7) is 7.34. The molecule has 1 atom stereocenters. The number of halogens is 1. The number of nitro benzene ring substituents is 1. The van der Waals surface area contributed by atoms with Crippen molar-refractivity contribution in [3.63, 3.8) is 0 Å². The minimum atomic E-state index is -0.766. The quantitative estimate of drug-likeness (QED) is 0.452. The molecular formula is C15H18ClN3O4. The van der Waals surface area contributed by atoms with Crippen LogP contribution in [0.4, 0.5) is 5.69 Å². The number of nitrogens with one attached hydrogen (secondary N) is 2. The largest absolute Gasteiger partial charge is 0.351 e.